The predicted molar refractivity (Wildman–Crippen MR) is 44.5 cm³/mol. The molecule has 0 saturated carbocycles. The first kappa shape index (κ1) is 11.4. The lowest BCUT2D eigenvalue weighted by Crippen LogP contribution is -2.42. The molecule has 1 amide bonds. The van der Waals surface area contributed by atoms with Gasteiger partial charge in [-0.3, -0.25) is 4.79 Å². The van der Waals surface area contributed by atoms with Crippen LogP contribution in [0.1, 0.15) is 6.92 Å². The molecule has 0 bridgehead atoms. The molecule has 4 N–H and O–H groups in total. The highest BCUT2D eigenvalue weighted by atomic mass is 16.5. The molecule has 0 aliphatic carbocycles. The molecule has 0 aliphatic rings. The Labute approximate surface area is 71.9 Å². The smallest absolute Gasteiger partial charge is 0.250 e. The largest absolute Gasteiger partial charge is 0.392 e. The van der Waals surface area contributed by atoms with Crippen LogP contribution in [0.2, 0.25) is 0 Å². The standard InChI is InChI=1S/C7H16N2O3/c1-5(10)4-9-7(11)6(3-8)12-2/h5-6,10H,3-4,8H2,1-2H3,(H,9,11). The summed E-state index contributed by atoms with van der Waals surface area (Å²) in [6.07, 6.45) is -1.17. The number of nitrogens with one attached hydrogen (secondary N) is 1. The van der Waals surface area contributed by atoms with Gasteiger partial charge in [0.05, 0.1) is 6.10 Å². The molecule has 0 spiro atoms. The zero-order valence-corrected chi connectivity index (χ0v) is 7.41. The van der Waals surface area contributed by atoms with E-state index in [1.165, 1.54) is 7.11 Å². The van der Waals surface area contributed by atoms with Crippen LogP contribution in [0.15, 0.2) is 0 Å². The molecule has 12 heavy (non-hydrogen) atoms. The fourth-order valence-corrected chi connectivity index (χ4v) is 0.672. The van der Waals surface area contributed by atoms with Gasteiger partial charge in [0.2, 0.25) is 0 Å². The van der Waals surface area contributed by atoms with Crippen LogP contribution in [0.5, 0.6) is 0 Å². The number of nitrogens with two attached hydrogens (primary N) is 1. The molecule has 0 aromatic rings. The Morgan fingerprint density at radius 3 is 2.67 bits per heavy atom. The van der Waals surface area contributed by atoms with Crippen molar-refractivity contribution in [1.29, 1.82) is 0 Å². The predicted octanol–water partition coefficient (Wildman–Crippen LogP) is -1.54. The molecule has 2 unspecified atom stereocenters. The molecule has 0 fully saturated rings. The normalized spacial score (nSPS) is 15.3. The average Bonchev–Trinajstić information content (AvgIpc) is 2.03. The number of carbonyl (C=O) groups is 1. The van der Waals surface area contributed by atoms with Gasteiger partial charge in [-0.05, 0) is 6.92 Å². The molecule has 2 atom stereocenters. The number of rotatable bonds is 5. The van der Waals surface area contributed by atoms with Crippen LogP contribution in [0, 0.1) is 0 Å². The van der Waals surface area contributed by atoms with E-state index in [1.54, 1.807) is 6.92 Å². The second-order valence-electron chi connectivity index (χ2n) is 2.55. The van der Waals surface area contributed by atoms with Gasteiger partial charge in [0.1, 0.15) is 6.10 Å². The van der Waals surface area contributed by atoms with Crippen molar-refractivity contribution in [2.24, 2.45) is 5.73 Å². The summed E-state index contributed by atoms with van der Waals surface area (Å²) in [5.41, 5.74) is 5.24. The van der Waals surface area contributed by atoms with E-state index < -0.39 is 12.2 Å². The van der Waals surface area contributed by atoms with Crippen LogP contribution in [0.3, 0.4) is 0 Å². The number of aliphatic hydroxyl groups excluding tert-OH is 1. The third kappa shape index (κ3) is 4.27. The van der Waals surface area contributed by atoms with Crippen LogP contribution in [0.4, 0.5) is 0 Å². The Morgan fingerprint density at radius 1 is 1.75 bits per heavy atom. The van der Waals surface area contributed by atoms with Gasteiger partial charge in [-0.15, -0.1) is 0 Å². The molecule has 72 valence electrons. The minimum atomic E-state index is -0.622. The maximum atomic E-state index is 11.1. The van der Waals surface area contributed by atoms with Crippen molar-refractivity contribution >= 4 is 5.91 Å². The monoisotopic (exact) mass is 176 g/mol. The van der Waals surface area contributed by atoms with Crippen molar-refractivity contribution in [3.8, 4) is 0 Å². The molecule has 5 nitrogen and oxygen atoms in total. The number of hydrogen-bond acceptors (Lipinski definition) is 4. The van der Waals surface area contributed by atoms with Gasteiger partial charge in [0.15, 0.2) is 0 Å². The molecular weight excluding hydrogens is 160 g/mol. The quantitative estimate of drug-likeness (QED) is 0.474. The highest BCUT2D eigenvalue weighted by molar-refractivity contribution is 5.80. The van der Waals surface area contributed by atoms with E-state index in [0.717, 1.165) is 0 Å². The third-order valence-electron chi connectivity index (χ3n) is 1.36. The lowest BCUT2D eigenvalue weighted by molar-refractivity contribution is -0.130. The van der Waals surface area contributed by atoms with Gasteiger partial charge < -0.3 is 20.9 Å². The van der Waals surface area contributed by atoms with Gasteiger partial charge in [-0.1, -0.05) is 0 Å². The number of methoxy groups -OCH3 is 1. The number of hydrogen-bond donors (Lipinski definition) is 3. The third-order valence-corrected chi connectivity index (χ3v) is 1.36. The summed E-state index contributed by atoms with van der Waals surface area (Å²) in [6.45, 7) is 1.95. The Hall–Kier alpha value is -0.650. The van der Waals surface area contributed by atoms with E-state index in [-0.39, 0.29) is 19.0 Å². The molecule has 0 saturated heterocycles. The fourth-order valence-electron chi connectivity index (χ4n) is 0.672. The SMILES string of the molecule is COC(CN)C(=O)NCC(C)O. The van der Waals surface area contributed by atoms with Crippen LogP contribution >= 0.6 is 0 Å². The Kier molecular flexibility index (Phi) is 5.61. The summed E-state index contributed by atoms with van der Waals surface area (Å²) < 4.78 is 4.77. The van der Waals surface area contributed by atoms with Crippen LogP contribution < -0.4 is 11.1 Å². The van der Waals surface area contributed by atoms with E-state index in [2.05, 4.69) is 5.32 Å². The Bertz CT molecular complexity index is 135. The van der Waals surface area contributed by atoms with Crippen molar-refractivity contribution < 1.29 is 14.6 Å². The van der Waals surface area contributed by atoms with Crippen LogP contribution in [-0.4, -0.2) is 43.4 Å². The molecule has 0 radical (unpaired) electrons. The number of amides is 1. The van der Waals surface area contributed by atoms with Crippen molar-refractivity contribution in [1.82, 2.24) is 5.32 Å². The fraction of sp³-hybridized carbons (Fsp3) is 0.857. The van der Waals surface area contributed by atoms with Crippen molar-refractivity contribution in [3.05, 3.63) is 0 Å². The summed E-state index contributed by atoms with van der Waals surface area (Å²) in [6, 6.07) is 0. The highest BCUT2D eigenvalue weighted by Crippen LogP contribution is 1.86. The number of carbonyl (C=O) groups excluding carboxylic acids is 1. The first-order valence-electron chi connectivity index (χ1n) is 3.80. The molecule has 5 heteroatoms. The van der Waals surface area contributed by atoms with Gasteiger partial charge in [-0.25, -0.2) is 0 Å². The summed E-state index contributed by atoms with van der Waals surface area (Å²) in [7, 11) is 1.42. The highest BCUT2D eigenvalue weighted by Gasteiger charge is 2.14. The van der Waals surface area contributed by atoms with E-state index in [4.69, 9.17) is 15.6 Å². The maximum Gasteiger partial charge on any atom is 0.250 e. The lowest BCUT2D eigenvalue weighted by Gasteiger charge is -2.13. The van der Waals surface area contributed by atoms with Crippen molar-refractivity contribution in [2.75, 3.05) is 20.2 Å². The average molecular weight is 176 g/mol. The first-order chi connectivity index (χ1) is 5.61. The van der Waals surface area contributed by atoms with Crippen molar-refractivity contribution in [3.63, 3.8) is 0 Å². The van der Waals surface area contributed by atoms with Crippen LogP contribution in [-0.2, 0) is 9.53 Å². The van der Waals surface area contributed by atoms with E-state index in [1.807, 2.05) is 0 Å². The topological polar surface area (TPSA) is 84.6 Å². The zero-order chi connectivity index (χ0) is 9.56. The van der Waals surface area contributed by atoms with E-state index in [9.17, 15) is 4.79 Å². The van der Waals surface area contributed by atoms with Crippen molar-refractivity contribution in [2.45, 2.75) is 19.1 Å². The second kappa shape index (κ2) is 5.93. The summed E-state index contributed by atoms with van der Waals surface area (Å²) in [5.74, 6) is -0.291. The van der Waals surface area contributed by atoms with E-state index >= 15 is 0 Å². The lowest BCUT2D eigenvalue weighted by atomic mass is 10.3. The Morgan fingerprint density at radius 2 is 2.33 bits per heavy atom. The minimum absolute atomic E-state index is 0.141. The maximum absolute atomic E-state index is 11.1. The molecule has 0 aliphatic heterocycles. The molecule has 0 heterocycles. The summed E-state index contributed by atoms with van der Waals surface area (Å²) >= 11 is 0. The molecule has 0 aromatic heterocycles. The summed E-state index contributed by atoms with van der Waals surface area (Å²) in [4.78, 5) is 11.1. The Balaban J connectivity index is 3.69. The second-order valence-corrected chi connectivity index (χ2v) is 2.55. The van der Waals surface area contributed by atoms with Gasteiger partial charge in [0.25, 0.3) is 5.91 Å². The summed E-state index contributed by atoms with van der Waals surface area (Å²) in [5, 5.41) is 11.3. The number of aliphatic hydroxyl groups is 1. The van der Waals surface area contributed by atoms with Gasteiger partial charge in [0, 0.05) is 20.2 Å². The molecular formula is C7H16N2O3. The zero-order valence-electron chi connectivity index (χ0n) is 7.41. The van der Waals surface area contributed by atoms with Gasteiger partial charge >= 0.3 is 0 Å². The first-order valence-corrected chi connectivity index (χ1v) is 3.80. The minimum Gasteiger partial charge on any atom is -0.392 e. The molecule has 0 rings (SSSR count). The number of ether oxygens (including phenoxy) is 1. The van der Waals surface area contributed by atoms with Gasteiger partial charge in [-0.2, -0.15) is 0 Å². The molecule has 0 aromatic carbocycles. The van der Waals surface area contributed by atoms with Crippen LogP contribution in [0.25, 0.3) is 0 Å². The van der Waals surface area contributed by atoms with E-state index in [0.29, 0.717) is 0 Å².